The molecule has 2 atom stereocenters. The standard InChI is InChI=1S/C18H26P/c1-4-7-8-11-19-17(10-6-3)14-16-12-15(9-5-2)13-18(16)19/h5-6,12,14,16H,2-4,7-11,13H2,1H3/q+1. The van der Waals surface area contributed by atoms with Crippen LogP contribution in [0.25, 0.3) is 0 Å². The third kappa shape index (κ3) is 3.37. The molecule has 1 heterocycles. The maximum Gasteiger partial charge on any atom is 0.128 e. The molecule has 0 fully saturated rings. The number of unbranched alkanes of at least 4 members (excludes halogenated alkanes) is 2. The molecule has 19 heavy (non-hydrogen) atoms. The molecule has 0 aromatic carbocycles. The number of fused-ring (bicyclic) bond motifs is 1. The lowest BCUT2D eigenvalue weighted by Gasteiger charge is -2.00. The molecule has 0 nitrogen and oxygen atoms in total. The van der Waals surface area contributed by atoms with Crippen LogP contribution < -0.4 is 0 Å². The summed E-state index contributed by atoms with van der Waals surface area (Å²) >= 11 is 0. The average molecular weight is 273 g/mol. The van der Waals surface area contributed by atoms with Gasteiger partial charge >= 0.3 is 0 Å². The van der Waals surface area contributed by atoms with E-state index in [1.54, 1.807) is 10.9 Å². The maximum atomic E-state index is 3.92. The minimum Gasteiger partial charge on any atom is -0.103 e. The van der Waals surface area contributed by atoms with Gasteiger partial charge in [-0.15, -0.1) is 13.2 Å². The van der Waals surface area contributed by atoms with Crippen molar-refractivity contribution in [3.63, 3.8) is 0 Å². The highest BCUT2D eigenvalue weighted by Gasteiger charge is 2.37. The van der Waals surface area contributed by atoms with Crippen molar-refractivity contribution in [2.75, 3.05) is 6.16 Å². The van der Waals surface area contributed by atoms with E-state index in [4.69, 9.17) is 0 Å². The Kier molecular flexibility index (Phi) is 5.40. The minimum atomic E-state index is 0.0164. The number of hydrogen-bond donors (Lipinski definition) is 0. The van der Waals surface area contributed by atoms with Gasteiger partial charge in [0.25, 0.3) is 0 Å². The Balaban J connectivity index is 2.13. The van der Waals surface area contributed by atoms with Gasteiger partial charge in [0.1, 0.15) is 24.3 Å². The second kappa shape index (κ2) is 7.06. The number of allylic oxidation sites excluding steroid dienone is 6. The van der Waals surface area contributed by atoms with Crippen LogP contribution >= 0.6 is 7.55 Å². The van der Waals surface area contributed by atoms with Gasteiger partial charge in [0, 0.05) is 12.8 Å². The van der Waals surface area contributed by atoms with Crippen molar-refractivity contribution in [1.29, 1.82) is 0 Å². The minimum absolute atomic E-state index is 0.0164. The fourth-order valence-electron chi connectivity index (χ4n) is 3.12. The van der Waals surface area contributed by atoms with Crippen molar-refractivity contribution in [3.05, 3.63) is 48.3 Å². The fourth-order valence-corrected chi connectivity index (χ4v) is 6.20. The van der Waals surface area contributed by atoms with E-state index in [1.807, 2.05) is 11.4 Å². The second-order valence-electron chi connectivity index (χ2n) is 5.52. The summed E-state index contributed by atoms with van der Waals surface area (Å²) in [4.78, 5) is 0. The molecule has 0 bridgehead atoms. The molecule has 102 valence electrons. The van der Waals surface area contributed by atoms with E-state index in [2.05, 4.69) is 38.3 Å². The fraction of sp³-hybridized carbons (Fsp3) is 0.500. The van der Waals surface area contributed by atoms with E-state index >= 15 is 0 Å². The Hall–Kier alpha value is -0.870. The average Bonchev–Trinajstić information content (AvgIpc) is 2.90. The van der Waals surface area contributed by atoms with Crippen molar-refractivity contribution >= 4 is 12.8 Å². The SMILES string of the molecule is C=CCC1=CC2C=C(CC=C)[P+](CCCCC)=C2C1. The van der Waals surface area contributed by atoms with E-state index < -0.39 is 0 Å². The van der Waals surface area contributed by atoms with Crippen molar-refractivity contribution in [3.8, 4) is 0 Å². The van der Waals surface area contributed by atoms with Gasteiger partial charge in [-0.2, -0.15) is 0 Å². The molecule has 0 aromatic rings. The summed E-state index contributed by atoms with van der Waals surface area (Å²) in [7, 11) is 0.0164. The topological polar surface area (TPSA) is 0 Å². The molecular weight excluding hydrogens is 247 g/mol. The molecule has 2 unspecified atom stereocenters. The Bertz CT molecular complexity index is 448. The zero-order valence-corrected chi connectivity index (χ0v) is 13.1. The highest BCUT2D eigenvalue weighted by molar-refractivity contribution is 7.63. The van der Waals surface area contributed by atoms with E-state index in [1.165, 1.54) is 31.8 Å². The normalized spacial score (nSPS) is 23.1. The number of rotatable bonds is 8. The molecular formula is C18H26P+. The molecule has 0 aromatic heterocycles. The zero-order chi connectivity index (χ0) is 13.7. The van der Waals surface area contributed by atoms with Crippen molar-refractivity contribution in [2.45, 2.75) is 45.4 Å². The Morgan fingerprint density at radius 1 is 1.21 bits per heavy atom. The highest BCUT2D eigenvalue weighted by atomic mass is 31.1. The molecule has 0 saturated heterocycles. The van der Waals surface area contributed by atoms with Crippen LogP contribution in [0, 0.1) is 5.92 Å². The van der Waals surface area contributed by atoms with E-state index in [9.17, 15) is 0 Å². The summed E-state index contributed by atoms with van der Waals surface area (Å²) in [6.07, 6.45) is 18.1. The Morgan fingerprint density at radius 2 is 2.00 bits per heavy atom. The van der Waals surface area contributed by atoms with E-state index in [-0.39, 0.29) is 7.55 Å². The van der Waals surface area contributed by atoms with Gasteiger partial charge in [-0.25, -0.2) is 0 Å². The van der Waals surface area contributed by atoms with Crippen LogP contribution in [-0.2, 0) is 0 Å². The molecule has 0 amide bonds. The van der Waals surface area contributed by atoms with Gasteiger partial charge in [0.15, 0.2) is 0 Å². The first kappa shape index (κ1) is 14.5. The first-order chi connectivity index (χ1) is 9.30. The molecule has 0 saturated carbocycles. The molecule has 1 heteroatoms. The van der Waals surface area contributed by atoms with Crippen LogP contribution in [0.1, 0.15) is 45.4 Å². The summed E-state index contributed by atoms with van der Waals surface area (Å²) in [5.41, 5.74) is 1.59. The van der Waals surface area contributed by atoms with E-state index in [0.29, 0.717) is 5.92 Å². The van der Waals surface area contributed by atoms with Crippen LogP contribution in [0.4, 0.5) is 0 Å². The molecule has 2 aliphatic rings. The first-order valence-electron chi connectivity index (χ1n) is 7.55. The third-order valence-electron chi connectivity index (χ3n) is 4.02. The Labute approximate surface area is 119 Å². The van der Waals surface area contributed by atoms with Crippen LogP contribution in [0.2, 0.25) is 0 Å². The van der Waals surface area contributed by atoms with E-state index in [0.717, 1.165) is 12.8 Å². The lowest BCUT2D eigenvalue weighted by Crippen LogP contribution is -1.99. The lowest BCUT2D eigenvalue weighted by molar-refractivity contribution is 0.777. The van der Waals surface area contributed by atoms with Crippen LogP contribution in [0.3, 0.4) is 0 Å². The Morgan fingerprint density at radius 3 is 2.68 bits per heavy atom. The van der Waals surface area contributed by atoms with Crippen LogP contribution in [-0.4, -0.2) is 11.5 Å². The smallest absolute Gasteiger partial charge is 0.103 e. The predicted octanol–water partition coefficient (Wildman–Crippen LogP) is 5.83. The molecule has 2 rings (SSSR count). The quantitative estimate of drug-likeness (QED) is 0.296. The van der Waals surface area contributed by atoms with Gasteiger partial charge in [0.05, 0.1) is 5.92 Å². The summed E-state index contributed by atoms with van der Waals surface area (Å²) < 4.78 is 0. The molecule has 0 spiro atoms. The lowest BCUT2D eigenvalue weighted by atomic mass is 10.1. The predicted molar refractivity (Wildman–Crippen MR) is 90.2 cm³/mol. The van der Waals surface area contributed by atoms with Crippen LogP contribution in [0.15, 0.2) is 48.3 Å². The van der Waals surface area contributed by atoms with Crippen molar-refractivity contribution in [2.24, 2.45) is 5.92 Å². The van der Waals surface area contributed by atoms with Gasteiger partial charge in [0.2, 0.25) is 0 Å². The molecule has 1 aliphatic heterocycles. The van der Waals surface area contributed by atoms with Gasteiger partial charge in [-0.3, -0.25) is 0 Å². The van der Waals surface area contributed by atoms with Gasteiger partial charge in [-0.05, 0) is 25.3 Å². The van der Waals surface area contributed by atoms with Crippen molar-refractivity contribution in [1.82, 2.24) is 0 Å². The summed E-state index contributed by atoms with van der Waals surface area (Å²) in [6, 6.07) is 0. The number of hydrogen-bond acceptors (Lipinski definition) is 0. The monoisotopic (exact) mass is 273 g/mol. The third-order valence-corrected chi connectivity index (χ3v) is 6.96. The van der Waals surface area contributed by atoms with Crippen molar-refractivity contribution < 1.29 is 0 Å². The molecule has 0 radical (unpaired) electrons. The summed E-state index contributed by atoms with van der Waals surface area (Å²) in [6.45, 7) is 10.1. The second-order valence-corrected chi connectivity index (χ2v) is 7.97. The maximum absolute atomic E-state index is 3.92. The van der Waals surface area contributed by atoms with Gasteiger partial charge in [-0.1, -0.05) is 37.1 Å². The molecule has 0 N–H and O–H groups in total. The summed E-state index contributed by atoms with van der Waals surface area (Å²) in [5, 5.41) is 3.51. The zero-order valence-electron chi connectivity index (χ0n) is 12.2. The first-order valence-corrected chi connectivity index (χ1v) is 9.08. The largest absolute Gasteiger partial charge is 0.128 e. The van der Waals surface area contributed by atoms with Gasteiger partial charge < -0.3 is 0 Å². The summed E-state index contributed by atoms with van der Waals surface area (Å²) in [5.74, 6) is 0.651. The van der Waals surface area contributed by atoms with Crippen LogP contribution in [0.5, 0.6) is 0 Å². The molecule has 1 aliphatic carbocycles. The highest BCUT2D eigenvalue weighted by Crippen LogP contribution is 2.51.